The van der Waals surface area contributed by atoms with E-state index in [2.05, 4.69) is 6.92 Å². The molecule has 0 aliphatic carbocycles. The van der Waals surface area contributed by atoms with Gasteiger partial charge in [-0.1, -0.05) is 33.1 Å². The molecule has 23 heavy (non-hydrogen) atoms. The fourth-order valence-electron chi connectivity index (χ4n) is 1.96. The summed E-state index contributed by atoms with van der Waals surface area (Å²) in [6.07, 6.45) is 3.11. The van der Waals surface area contributed by atoms with Gasteiger partial charge in [0.2, 0.25) is 0 Å². The second kappa shape index (κ2) is 9.55. The topological polar surface area (TPSA) is 95.7 Å². The molecule has 7 nitrogen and oxygen atoms in total. The molecule has 0 heterocycles. The van der Waals surface area contributed by atoms with E-state index in [1.165, 1.54) is 12.1 Å². The third kappa shape index (κ3) is 6.06. The van der Waals surface area contributed by atoms with Gasteiger partial charge in [-0.15, -0.1) is 0 Å². The minimum absolute atomic E-state index is 0.0472. The van der Waals surface area contributed by atoms with E-state index in [1.807, 2.05) is 0 Å². The first-order valence-corrected chi connectivity index (χ1v) is 7.65. The maximum atomic E-state index is 11.8. The van der Waals surface area contributed by atoms with Crippen LogP contribution in [0, 0.1) is 10.1 Å². The van der Waals surface area contributed by atoms with Crippen molar-refractivity contribution in [2.45, 2.75) is 46.0 Å². The van der Waals surface area contributed by atoms with Crippen molar-refractivity contribution in [2.24, 2.45) is 0 Å². The number of rotatable bonds is 9. The fraction of sp³-hybridized carbons (Fsp3) is 0.500. The summed E-state index contributed by atoms with van der Waals surface area (Å²) in [5, 5.41) is 10.9. The van der Waals surface area contributed by atoms with Gasteiger partial charge in [0.25, 0.3) is 5.69 Å². The van der Waals surface area contributed by atoms with Crippen LogP contribution >= 0.6 is 0 Å². The molecule has 0 radical (unpaired) electrons. The van der Waals surface area contributed by atoms with Crippen molar-refractivity contribution in [3.05, 3.63) is 33.9 Å². The molecule has 0 fully saturated rings. The largest absolute Gasteiger partial charge is 0.513 e. The average molecular weight is 323 g/mol. The van der Waals surface area contributed by atoms with Gasteiger partial charge >= 0.3 is 6.16 Å². The number of ether oxygens (including phenoxy) is 2. The zero-order valence-corrected chi connectivity index (χ0v) is 13.4. The molecule has 0 N–H and O–H groups in total. The van der Waals surface area contributed by atoms with Crippen LogP contribution < -0.4 is 4.74 Å². The van der Waals surface area contributed by atoms with Crippen molar-refractivity contribution in [1.82, 2.24) is 0 Å². The van der Waals surface area contributed by atoms with Crippen LogP contribution in [0.5, 0.6) is 5.75 Å². The third-order valence-corrected chi connectivity index (χ3v) is 3.21. The standard InChI is InChI=1S/C16H21NO6/c1-3-5-6-7-10-22-16(19)23-12-8-9-14(17(20)21)13(11-12)15(18)4-2/h8-9,11H,3-7,10H2,1-2H3. The molecule has 0 spiro atoms. The Morgan fingerprint density at radius 3 is 2.52 bits per heavy atom. The molecule has 0 saturated carbocycles. The lowest BCUT2D eigenvalue weighted by molar-refractivity contribution is -0.385. The molecule has 0 atom stereocenters. The first kappa shape index (κ1) is 18.6. The summed E-state index contributed by atoms with van der Waals surface area (Å²) in [5.74, 6) is -0.346. The van der Waals surface area contributed by atoms with Crippen molar-refractivity contribution < 1.29 is 24.0 Å². The van der Waals surface area contributed by atoms with Crippen LogP contribution in [0.1, 0.15) is 56.3 Å². The first-order chi connectivity index (χ1) is 11.0. The van der Waals surface area contributed by atoms with Gasteiger partial charge in [-0.3, -0.25) is 14.9 Å². The Kier molecular flexibility index (Phi) is 7.73. The van der Waals surface area contributed by atoms with Crippen molar-refractivity contribution >= 4 is 17.6 Å². The number of carbonyl (C=O) groups is 2. The average Bonchev–Trinajstić information content (AvgIpc) is 2.53. The van der Waals surface area contributed by atoms with E-state index in [9.17, 15) is 19.7 Å². The summed E-state index contributed by atoms with van der Waals surface area (Å²) in [6, 6.07) is 3.61. The summed E-state index contributed by atoms with van der Waals surface area (Å²) in [5.41, 5.74) is -0.386. The number of nitro benzene ring substituents is 1. The van der Waals surface area contributed by atoms with Gasteiger partial charge in [0.15, 0.2) is 5.78 Å². The zero-order valence-electron chi connectivity index (χ0n) is 13.4. The van der Waals surface area contributed by atoms with Crippen LogP contribution in [-0.2, 0) is 4.74 Å². The maximum Gasteiger partial charge on any atom is 0.513 e. The maximum absolute atomic E-state index is 11.8. The van der Waals surface area contributed by atoms with E-state index in [0.29, 0.717) is 0 Å². The molecule has 1 aromatic rings. The zero-order chi connectivity index (χ0) is 17.2. The van der Waals surface area contributed by atoms with Gasteiger partial charge in [0.05, 0.1) is 17.1 Å². The predicted molar refractivity (Wildman–Crippen MR) is 83.8 cm³/mol. The van der Waals surface area contributed by atoms with Gasteiger partial charge in [-0.05, 0) is 18.6 Å². The van der Waals surface area contributed by atoms with Crippen LogP contribution in [0.4, 0.5) is 10.5 Å². The summed E-state index contributed by atoms with van der Waals surface area (Å²) in [7, 11) is 0. The summed E-state index contributed by atoms with van der Waals surface area (Å²) < 4.78 is 9.87. The summed E-state index contributed by atoms with van der Waals surface area (Å²) in [6.45, 7) is 3.94. The predicted octanol–water partition coefficient (Wildman–Crippen LogP) is 4.28. The molecule has 0 aliphatic rings. The Balaban J connectivity index is 2.68. The van der Waals surface area contributed by atoms with Crippen LogP contribution in [0.3, 0.4) is 0 Å². The molecule has 0 unspecified atom stereocenters. The van der Waals surface area contributed by atoms with Gasteiger partial charge in [0, 0.05) is 12.5 Å². The molecular weight excluding hydrogens is 302 g/mol. The van der Waals surface area contributed by atoms with Crippen LogP contribution in [0.25, 0.3) is 0 Å². The number of benzene rings is 1. The van der Waals surface area contributed by atoms with E-state index in [-0.39, 0.29) is 30.0 Å². The van der Waals surface area contributed by atoms with E-state index >= 15 is 0 Å². The number of hydrogen-bond donors (Lipinski definition) is 0. The second-order valence-corrected chi connectivity index (χ2v) is 4.97. The number of nitro groups is 1. The Morgan fingerprint density at radius 1 is 1.17 bits per heavy atom. The molecule has 0 bridgehead atoms. The van der Waals surface area contributed by atoms with Gasteiger partial charge in [-0.2, -0.15) is 0 Å². The molecule has 1 rings (SSSR count). The molecule has 1 aromatic carbocycles. The first-order valence-electron chi connectivity index (χ1n) is 7.65. The number of nitrogens with zero attached hydrogens (tertiary/aromatic N) is 1. The van der Waals surface area contributed by atoms with Gasteiger partial charge < -0.3 is 9.47 Å². The highest BCUT2D eigenvalue weighted by Crippen LogP contribution is 2.25. The smallest absolute Gasteiger partial charge is 0.434 e. The van der Waals surface area contributed by atoms with E-state index in [1.54, 1.807) is 6.92 Å². The third-order valence-electron chi connectivity index (χ3n) is 3.21. The van der Waals surface area contributed by atoms with Crippen LogP contribution in [0.2, 0.25) is 0 Å². The molecule has 126 valence electrons. The normalized spacial score (nSPS) is 10.2. The van der Waals surface area contributed by atoms with E-state index in [4.69, 9.17) is 9.47 Å². The lowest BCUT2D eigenvalue weighted by Crippen LogP contribution is -2.12. The van der Waals surface area contributed by atoms with Crippen LogP contribution in [-0.4, -0.2) is 23.5 Å². The quantitative estimate of drug-likeness (QED) is 0.168. The Labute approximate surface area is 134 Å². The summed E-state index contributed by atoms with van der Waals surface area (Å²) in [4.78, 5) is 33.6. The van der Waals surface area contributed by atoms with E-state index in [0.717, 1.165) is 31.7 Å². The number of hydrogen-bond acceptors (Lipinski definition) is 6. The van der Waals surface area contributed by atoms with Crippen molar-refractivity contribution in [3.8, 4) is 5.75 Å². The van der Waals surface area contributed by atoms with Gasteiger partial charge in [-0.25, -0.2) is 4.79 Å². The number of ketones is 1. The van der Waals surface area contributed by atoms with Crippen molar-refractivity contribution in [1.29, 1.82) is 0 Å². The Bertz CT molecular complexity index is 570. The number of Topliss-reactive ketones (excluding diaryl/α,β-unsaturated/α-hetero) is 1. The summed E-state index contributed by atoms with van der Waals surface area (Å²) >= 11 is 0. The monoisotopic (exact) mass is 323 g/mol. The number of unbranched alkanes of at least 4 members (excludes halogenated alkanes) is 3. The Morgan fingerprint density at radius 2 is 1.91 bits per heavy atom. The number of carbonyl (C=O) groups excluding carboxylic acids is 2. The van der Waals surface area contributed by atoms with Crippen LogP contribution in [0.15, 0.2) is 18.2 Å². The minimum atomic E-state index is -0.884. The molecule has 0 aliphatic heterocycles. The fourth-order valence-corrected chi connectivity index (χ4v) is 1.96. The van der Waals surface area contributed by atoms with E-state index < -0.39 is 16.9 Å². The lowest BCUT2D eigenvalue weighted by atomic mass is 10.1. The van der Waals surface area contributed by atoms with Crippen molar-refractivity contribution in [2.75, 3.05) is 6.61 Å². The highest BCUT2D eigenvalue weighted by atomic mass is 16.7. The van der Waals surface area contributed by atoms with Crippen molar-refractivity contribution in [3.63, 3.8) is 0 Å². The molecular formula is C16H21NO6. The molecule has 0 aromatic heterocycles. The second-order valence-electron chi connectivity index (χ2n) is 4.97. The highest BCUT2D eigenvalue weighted by molar-refractivity contribution is 6.00. The van der Waals surface area contributed by atoms with Gasteiger partial charge in [0.1, 0.15) is 5.75 Å². The lowest BCUT2D eigenvalue weighted by Gasteiger charge is -2.07. The molecule has 7 heteroatoms. The molecule has 0 amide bonds. The molecule has 0 saturated heterocycles. The Hall–Kier alpha value is -2.44. The minimum Gasteiger partial charge on any atom is -0.434 e. The SMILES string of the molecule is CCCCCCOC(=O)Oc1ccc([N+](=O)[O-])c(C(=O)CC)c1. The highest BCUT2D eigenvalue weighted by Gasteiger charge is 2.20.